The Morgan fingerprint density at radius 3 is 3.00 bits per heavy atom. The third-order valence-electron chi connectivity index (χ3n) is 1.58. The highest BCUT2D eigenvalue weighted by molar-refractivity contribution is 7.13. The van der Waals surface area contributed by atoms with E-state index in [0.717, 1.165) is 18.2 Å². The maximum atomic E-state index is 5.48. The van der Waals surface area contributed by atoms with Crippen molar-refractivity contribution in [3.05, 3.63) is 5.51 Å². The molecule has 1 aromatic heterocycles. The number of ether oxygens (including phenoxy) is 1. The van der Waals surface area contributed by atoms with E-state index in [1.807, 2.05) is 0 Å². The maximum absolute atomic E-state index is 5.48. The Kier molecular flexibility index (Phi) is 4.66. The molecule has 0 radical (unpaired) electrons. The predicted octanol–water partition coefficient (Wildman–Crippen LogP) is -0.0504. The number of rotatable bonds is 6. The van der Waals surface area contributed by atoms with Gasteiger partial charge >= 0.3 is 0 Å². The van der Waals surface area contributed by atoms with Crippen LogP contribution in [0.4, 0.5) is 5.13 Å². The van der Waals surface area contributed by atoms with Crippen molar-refractivity contribution in [3.63, 3.8) is 0 Å². The van der Waals surface area contributed by atoms with Crippen molar-refractivity contribution in [2.24, 2.45) is 5.73 Å². The zero-order valence-electron chi connectivity index (χ0n) is 7.64. The lowest BCUT2D eigenvalue weighted by Gasteiger charge is -2.19. The highest BCUT2D eigenvalue weighted by atomic mass is 32.1. The number of anilines is 1. The minimum atomic E-state index is 0.614. The molecule has 0 bridgehead atoms. The second kappa shape index (κ2) is 5.85. The third kappa shape index (κ3) is 3.25. The number of nitrogens with zero attached hydrogens (tertiary/aromatic N) is 3. The van der Waals surface area contributed by atoms with Crippen molar-refractivity contribution >= 4 is 16.5 Å². The number of methoxy groups -OCH3 is 1. The minimum absolute atomic E-state index is 0.614. The first-order chi connectivity index (χ1) is 6.38. The van der Waals surface area contributed by atoms with Gasteiger partial charge in [0.2, 0.25) is 5.13 Å². The van der Waals surface area contributed by atoms with Crippen molar-refractivity contribution < 1.29 is 4.74 Å². The van der Waals surface area contributed by atoms with Crippen LogP contribution in [0.25, 0.3) is 0 Å². The largest absolute Gasteiger partial charge is 0.383 e. The summed E-state index contributed by atoms with van der Waals surface area (Å²) in [5, 5.41) is 8.66. The summed E-state index contributed by atoms with van der Waals surface area (Å²) in [5.74, 6) is 0. The first-order valence-corrected chi connectivity index (χ1v) is 4.96. The molecule has 0 unspecified atom stereocenters. The molecule has 0 saturated heterocycles. The summed E-state index contributed by atoms with van der Waals surface area (Å²) in [4.78, 5) is 2.07. The summed E-state index contributed by atoms with van der Waals surface area (Å²) in [6.07, 6.45) is 0. The number of aromatic nitrogens is 2. The molecule has 1 rings (SSSR count). The quantitative estimate of drug-likeness (QED) is 0.700. The molecule has 1 heterocycles. The number of hydrogen-bond acceptors (Lipinski definition) is 6. The Morgan fingerprint density at radius 2 is 2.46 bits per heavy atom. The standard InChI is InChI=1S/C7H14N4OS/c1-12-5-4-11(3-2-8)7-10-9-6-13-7/h6H,2-5,8H2,1H3. The highest BCUT2D eigenvalue weighted by Gasteiger charge is 2.07. The highest BCUT2D eigenvalue weighted by Crippen LogP contribution is 2.14. The number of hydrogen-bond donors (Lipinski definition) is 1. The summed E-state index contributed by atoms with van der Waals surface area (Å²) in [5.41, 5.74) is 7.20. The van der Waals surface area contributed by atoms with E-state index >= 15 is 0 Å². The van der Waals surface area contributed by atoms with Crippen LogP contribution in [-0.4, -0.2) is 43.5 Å². The average molecular weight is 202 g/mol. The summed E-state index contributed by atoms with van der Waals surface area (Å²) in [6.45, 7) is 2.89. The fourth-order valence-electron chi connectivity index (χ4n) is 0.965. The van der Waals surface area contributed by atoms with Gasteiger partial charge in [0.1, 0.15) is 5.51 Å². The molecular weight excluding hydrogens is 188 g/mol. The van der Waals surface area contributed by atoms with Crippen LogP contribution < -0.4 is 10.6 Å². The molecule has 0 atom stereocenters. The molecular formula is C7H14N4OS. The Labute approximate surface area is 81.5 Å². The van der Waals surface area contributed by atoms with Crippen LogP contribution >= 0.6 is 11.3 Å². The molecule has 0 amide bonds. The maximum Gasteiger partial charge on any atom is 0.208 e. The van der Waals surface area contributed by atoms with Crippen molar-refractivity contribution in [2.75, 3.05) is 38.3 Å². The van der Waals surface area contributed by atoms with E-state index < -0.39 is 0 Å². The molecule has 0 aliphatic rings. The fourth-order valence-corrected chi connectivity index (χ4v) is 1.58. The first-order valence-electron chi connectivity index (χ1n) is 4.08. The van der Waals surface area contributed by atoms with Gasteiger partial charge in [0.15, 0.2) is 0 Å². The van der Waals surface area contributed by atoms with Crippen LogP contribution in [0.5, 0.6) is 0 Å². The molecule has 0 aromatic carbocycles. The molecule has 0 saturated carbocycles. The van der Waals surface area contributed by atoms with Gasteiger partial charge in [-0.1, -0.05) is 11.3 Å². The van der Waals surface area contributed by atoms with Crippen molar-refractivity contribution in [1.82, 2.24) is 10.2 Å². The predicted molar refractivity (Wildman–Crippen MR) is 53.1 cm³/mol. The van der Waals surface area contributed by atoms with E-state index in [1.54, 1.807) is 12.6 Å². The van der Waals surface area contributed by atoms with Gasteiger partial charge in [0.05, 0.1) is 6.61 Å². The van der Waals surface area contributed by atoms with E-state index in [1.165, 1.54) is 11.3 Å². The summed E-state index contributed by atoms with van der Waals surface area (Å²) < 4.78 is 4.99. The van der Waals surface area contributed by atoms with Crippen molar-refractivity contribution in [1.29, 1.82) is 0 Å². The topological polar surface area (TPSA) is 64.3 Å². The Hall–Kier alpha value is -0.720. The van der Waals surface area contributed by atoms with Crippen LogP contribution in [0, 0.1) is 0 Å². The zero-order valence-corrected chi connectivity index (χ0v) is 8.46. The second-order valence-corrected chi connectivity index (χ2v) is 3.30. The lowest BCUT2D eigenvalue weighted by Crippen LogP contribution is -2.32. The molecule has 6 heteroatoms. The molecule has 0 spiro atoms. The van der Waals surface area contributed by atoms with Gasteiger partial charge in [-0.15, -0.1) is 10.2 Å². The van der Waals surface area contributed by atoms with Gasteiger partial charge in [-0.2, -0.15) is 0 Å². The number of nitrogens with two attached hydrogens (primary N) is 1. The van der Waals surface area contributed by atoms with Crippen LogP contribution in [0.15, 0.2) is 5.51 Å². The molecule has 0 aliphatic carbocycles. The molecule has 0 aliphatic heterocycles. The molecule has 2 N–H and O–H groups in total. The van der Waals surface area contributed by atoms with E-state index in [4.69, 9.17) is 10.5 Å². The fraction of sp³-hybridized carbons (Fsp3) is 0.714. The van der Waals surface area contributed by atoms with Crippen molar-refractivity contribution in [3.8, 4) is 0 Å². The van der Waals surface area contributed by atoms with Gasteiger partial charge in [0, 0.05) is 26.7 Å². The lowest BCUT2D eigenvalue weighted by molar-refractivity contribution is 0.205. The monoisotopic (exact) mass is 202 g/mol. The third-order valence-corrected chi connectivity index (χ3v) is 2.33. The van der Waals surface area contributed by atoms with Crippen LogP contribution in [-0.2, 0) is 4.74 Å². The molecule has 5 nitrogen and oxygen atoms in total. The summed E-state index contributed by atoms with van der Waals surface area (Å²) in [6, 6.07) is 0. The lowest BCUT2D eigenvalue weighted by atomic mass is 10.5. The van der Waals surface area contributed by atoms with E-state index in [0.29, 0.717) is 13.2 Å². The van der Waals surface area contributed by atoms with Crippen molar-refractivity contribution in [2.45, 2.75) is 0 Å². The Balaban J connectivity index is 2.47. The molecule has 0 fully saturated rings. The SMILES string of the molecule is COCCN(CCN)c1nncs1. The minimum Gasteiger partial charge on any atom is -0.383 e. The smallest absolute Gasteiger partial charge is 0.208 e. The van der Waals surface area contributed by atoms with E-state index in [-0.39, 0.29) is 0 Å². The Bertz CT molecular complexity index is 216. The normalized spacial score (nSPS) is 10.3. The van der Waals surface area contributed by atoms with Crippen LogP contribution in [0.2, 0.25) is 0 Å². The van der Waals surface area contributed by atoms with Gasteiger partial charge in [-0.3, -0.25) is 0 Å². The second-order valence-electron chi connectivity index (χ2n) is 2.49. The van der Waals surface area contributed by atoms with Crippen LogP contribution in [0.1, 0.15) is 0 Å². The zero-order chi connectivity index (χ0) is 9.52. The van der Waals surface area contributed by atoms with Gasteiger partial charge in [-0.05, 0) is 0 Å². The molecule has 13 heavy (non-hydrogen) atoms. The van der Waals surface area contributed by atoms with Gasteiger partial charge in [0.25, 0.3) is 0 Å². The molecule has 74 valence electrons. The van der Waals surface area contributed by atoms with Crippen LogP contribution in [0.3, 0.4) is 0 Å². The molecule has 1 aromatic rings. The summed E-state index contributed by atoms with van der Waals surface area (Å²) >= 11 is 1.51. The van der Waals surface area contributed by atoms with E-state index in [2.05, 4.69) is 15.1 Å². The first kappa shape index (κ1) is 10.4. The Morgan fingerprint density at radius 1 is 1.62 bits per heavy atom. The summed E-state index contributed by atoms with van der Waals surface area (Å²) in [7, 11) is 1.68. The van der Waals surface area contributed by atoms with Gasteiger partial charge in [-0.25, -0.2) is 0 Å². The average Bonchev–Trinajstić information content (AvgIpc) is 2.65. The van der Waals surface area contributed by atoms with E-state index in [9.17, 15) is 0 Å². The van der Waals surface area contributed by atoms with Gasteiger partial charge < -0.3 is 15.4 Å².